The molecule has 0 amide bonds. The van der Waals surface area contributed by atoms with E-state index in [9.17, 15) is 13.2 Å². The molecule has 0 radical (unpaired) electrons. The van der Waals surface area contributed by atoms with Crippen molar-refractivity contribution in [2.24, 2.45) is 4.99 Å². The number of hydrogen-bond acceptors (Lipinski definition) is 5. The monoisotopic (exact) mass is 388 g/mol. The third kappa shape index (κ3) is 2.89. The Kier molecular flexibility index (Phi) is 3.82. The smallest absolute Gasteiger partial charge is 0.321 e. The van der Waals surface area contributed by atoms with E-state index in [1.165, 1.54) is 11.1 Å². The molecule has 3 aliphatic rings. The zero-order valence-electron chi connectivity index (χ0n) is 15.3. The molecule has 0 bridgehead atoms. The number of nitrogens with zero attached hydrogens (tertiary/aromatic N) is 5. The maximum atomic E-state index is 13.2. The van der Waals surface area contributed by atoms with Crippen LogP contribution in [0.1, 0.15) is 54.6 Å². The average molecular weight is 388 g/mol. The van der Waals surface area contributed by atoms with Crippen LogP contribution in [-0.2, 0) is 6.18 Å². The number of aromatic nitrogens is 4. The third-order valence-electron chi connectivity index (χ3n) is 5.68. The molecule has 0 spiro atoms. The zero-order chi connectivity index (χ0) is 19.5. The summed E-state index contributed by atoms with van der Waals surface area (Å²) in [6, 6.07) is 0.184. The molecule has 2 aromatic rings. The molecule has 3 heterocycles. The van der Waals surface area contributed by atoms with Gasteiger partial charge in [0.15, 0.2) is 0 Å². The SMILES string of the molecule is Cc1c(Nc2ncc(C(F)(F)F)c(C3CC3)n2)cnn1C1CCC2=C1CN=C2. The molecule has 2 aliphatic carbocycles. The molecular weight excluding hydrogens is 369 g/mol. The van der Waals surface area contributed by atoms with Gasteiger partial charge in [-0.05, 0) is 43.8 Å². The minimum atomic E-state index is -4.44. The first-order valence-corrected chi connectivity index (χ1v) is 9.39. The van der Waals surface area contributed by atoms with Crippen molar-refractivity contribution in [3.63, 3.8) is 0 Å². The van der Waals surface area contributed by atoms with E-state index in [1.54, 1.807) is 6.20 Å². The van der Waals surface area contributed by atoms with E-state index in [2.05, 4.69) is 25.4 Å². The lowest BCUT2D eigenvalue weighted by atomic mass is 10.1. The van der Waals surface area contributed by atoms with Crippen LogP contribution < -0.4 is 5.32 Å². The highest BCUT2D eigenvalue weighted by molar-refractivity contribution is 5.83. The normalized spacial score (nSPS) is 21.5. The van der Waals surface area contributed by atoms with Crippen LogP contribution in [0.5, 0.6) is 0 Å². The summed E-state index contributed by atoms with van der Waals surface area (Å²) in [6.07, 6.45) is 3.53. The molecule has 6 nitrogen and oxygen atoms in total. The summed E-state index contributed by atoms with van der Waals surface area (Å²) in [5.41, 5.74) is 3.56. The third-order valence-corrected chi connectivity index (χ3v) is 5.68. The summed E-state index contributed by atoms with van der Waals surface area (Å²) >= 11 is 0. The van der Waals surface area contributed by atoms with Crippen LogP contribution in [-0.4, -0.2) is 32.5 Å². The summed E-state index contributed by atoms with van der Waals surface area (Å²) in [4.78, 5) is 12.4. The lowest BCUT2D eigenvalue weighted by molar-refractivity contribution is -0.138. The van der Waals surface area contributed by atoms with Gasteiger partial charge in [-0.25, -0.2) is 9.97 Å². The first kappa shape index (κ1) is 17.4. The second kappa shape index (κ2) is 6.15. The summed E-state index contributed by atoms with van der Waals surface area (Å²) in [6.45, 7) is 2.66. The van der Waals surface area contributed by atoms with Gasteiger partial charge in [-0.15, -0.1) is 0 Å². The summed E-state index contributed by atoms with van der Waals surface area (Å²) in [5, 5.41) is 7.57. The molecule has 2 aromatic heterocycles. The highest BCUT2D eigenvalue weighted by Crippen LogP contribution is 2.45. The van der Waals surface area contributed by atoms with Gasteiger partial charge in [0.1, 0.15) is 0 Å². The molecule has 1 saturated carbocycles. The van der Waals surface area contributed by atoms with Crippen molar-refractivity contribution in [3.8, 4) is 0 Å². The van der Waals surface area contributed by atoms with E-state index in [0.717, 1.165) is 44.1 Å². The standard InChI is InChI=1S/C19H19F3N6/c1-10-15(9-25-28(10)16-5-4-12-6-23-7-13(12)16)26-18-24-8-14(19(20,21)22)17(27-18)11-2-3-11/h6,8-9,11,16H,2-5,7H2,1H3,(H,24,26,27). The van der Waals surface area contributed by atoms with Crippen LogP contribution in [0.4, 0.5) is 24.8 Å². The highest BCUT2D eigenvalue weighted by Gasteiger charge is 2.40. The van der Waals surface area contributed by atoms with Gasteiger partial charge in [0, 0.05) is 18.3 Å². The fraction of sp³-hybridized carbons (Fsp3) is 0.474. The molecule has 0 saturated heterocycles. The molecule has 1 unspecified atom stereocenters. The van der Waals surface area contributed by atoms with Crippen LogP contribution >= 0.6 is 0 Å². The van der Waals surface area contributed by atoms with Gasteiger partial charge < -0.3 is 5.32 Å². The Morgan fingerprint density at radius 2 is 2.00 bits per heavy atom. The van der Waals surface area contributed by atoms with Gasteiger partial charge >= 0.3 is 6.18 Å². The first-order valence-electron chi connectivity index (χ1n) is 9.39. The number of halogens is 3. The van der Waals surface area contributed by atoms with Crippen LogP contribution in [0.2, 0.25) is 0 Å². The molecule has 28 heavy (non-hydrogen) atoms. The van der Waals surface area contributed by atoms with Gasteiger partial charge in [-0.3, -0.25) is 9.67 Å². The van der Waals surface area contributed by atoms with Crippen molar-refractivity contribution < 1.29 is 13.2 Å². The Morgan fingerprint density at radius 3 is 2.75 bits per heavy atom. The van der Waals surface area contributed by atoms with Gasteiger partial charge in [0.2, 0.25) is 5.95 Å². The minimum Gasteiger partial charge on any atom is -0.321 e. The Hall–Kier alpha value is -2.71. The lowest BCUT2D eigenvalue weighted by Crippen LogP contribution is -2.14. The van der Waals surface area contributed by atoms with Crippen molar-refractivity contribution in [3.05, 3.63) is 40.5 Å². The average Bonchev–Trinajstić information content (AvgIpc) is 3.11. The maximum Gasteiger partial charge on any atom is 0.419 e. The van der Waals surface area contributed by atoms with Crippen molar-refractivity contribution in [2.75, 3.05) is 11.9 Å². The number of allylic oxidation sites excluding steroid dienone is 1. The van der Waals surface area contributed by atoms with E-state index in [-0.39, 0.29) is 23.6 Å². The molecule has 5 rings (SSSR count). The molecular formula is C19H19F3N6. The Morgan fingerprint density at radius 1 is 1.18 bits per heavy atom. The molecule has 1 fully saturated rings. The van der Waals surface area contributed by atoms with E-state index >= 15 is 0 Å². The summed E-state index contributed by atoms with van der Waals surface area (Å²) in [7, 11) is 0. The molecule has 1 atom stereocenters. The Balaban J connectivity index is 1.42. The fourth-order valence-electron chi connectivity index (χ4n) is 4.04. The zero-order valence-corrected chi connectivity index (χ0v) is 15.3. The predicted molar refractivity (Wildman–Crippen MR) is 97.9 cm³/mol. The number of alkyl halides is 3. The maximum absolute atomic E-state index is 13.2. The number of aliphatic imine (C=N–C) groups is 1. The van der Waals surface area contributed by atoms with Crippen LogP contribution in [0.15, 0.2) is 28.5 Å². The second-order valence-electron chi connectivity index (χ2n) is 7.55. The van der Waals surface area contributed by atoms with Gasteiger partial charge in [0.25, 0.3) is 0 Å². The summed E-state index contributed by atoms with van der Waals surface area (Å²) in [5.74, 6) is 0.0447. The van der Waals surface area contributed by atoms with Gasteiger partial charge in [-0.2, -0.15) is 18.3 Å². The van der Waals surface area contributed by atoms with Gasteiger partial charge in [0.05, 0.1) is 41.4 Å². The topological polar surface area (TPSA) is 68.0 Å². The second-order valence-corrected chi connectivity index (χ2v) is 7.55. The fourth-order valence-corrected chi connectivity index (χ4v) is 4.04. The molecule has 9 heteroatoms. The lowest BCUT2D eigenvalue weighted by Gasteiger charge is -2.16. The number of nitrogens with one attached hydrogen (secondary N) is 1. The Bertz CT molecular complexity index is 1000. The van der Waals surface area contributed by atoms with Crippen molar-refractivity contribution in [2.45, 2.75) is 50.7 Å². The largest absolute Gasteiger partial charge is 0.419 e. The van der Waals surface area contributed by atoms with Crippen molar-refractivity contribution >= 4 is 17.9 Å². The van der Waals surface area contributed by atoms with Crippen molar-refractivity contribution in [1.29, 1.82) is 0 Å². The highest BCUT2D eigenvalue weighted by atomic mass is 19.4. The van der Waals surface area contributed by atoms with E-state index in [1.807, 2.05) is 17.8 Å². The molecule has 0 aromatic carbocycles. The summed E-state index contributed by atoms with van der Waals surface area (Å²) < 4.78 is 41.6. The quantitative estimate of drug-likeness (QED) is 0.846. The van der Waals surface area contributed by atoms with Gasteiger partial charge in [-0.1, -0.05) is 0 Å². The van der Waals surface area contributed by atoms with Crippen molar-refractivity contribution in [1.82, 2.24) is 19.7 Å². The minimum absolute atomic E-state index is 0.0868. The molecule has 1 aliphatic heterocycles. The van der Waals surface area contributed by atoms with E-state index < -0.39 is 11.7 Å². The first-order chi connectivity index (χ1) is 13.4. The molecule has 1 N–H and O–H groups in total. The Labute approximate surface area is 159 Å². The van der Waals surface area contributed by atoms with Crippen LogP contribution in [0, 0.1) is 6.92 Å². The number of anilines is 2. The number of rotatable bonds is 4. The van der Waals surface area contributed by atoms with Crippen LogP contribution in [0.25, 0.3) is 0 Å². The van der Waals surface area contributed by atoms with Crippen LogP contribution in [0.3, 0.4) is 0 Å². The predicted octanol–water partition coefficient (Wildman–Crippen LogP) is 4.34. The molecule has 146 valence electrons. The van der Waals surface area contributed by atoms with E-state index in [0.29, 0.717) is 5.69 Å². The number of hydrogen-bond donors (Lipinski definition) is 1. The van der Waals surface area contributed by atoms with E-state index in [4.69, 9.17) is 0 Å².